The lowest BCUT2D eigenvalue weighted by Gasteiger charge is -2.10. The smallest absolute Gasteiger partial charge is 0.0325 e. The molecule has 2 nitrogen and oxygen atoms in total. The summed E-state index contributed by atoms with van der Waals surface area (Å²) < 4.78 is 0. The quantitative estimate of drug-likeness (QED) is 0.574. The molecule has 3 heteroatoms. The third-order valence-electron chi connectivity index (χ3n) is 1.87. The van der Waals surface area contributed by atoms with Crippen molar-refractivity contribution in [2.45, 2.75) is 24.0 Å². The number of thioether (sulfide) groups is 1. The molecule has 0 fully saturated rings. The van der Waals surface area contributed by atoms with Gasteiger partial charge < -0.3 is 11.5 Å². The molecule has 0 aliphatic carbocycles. The molecule has 0 aliphatic heterocycles. The molecule has 0 saturated heterocycles. The van der Waals surface area contributed by atoms with Crippen LogP contribution in [0.15, 0.2) is 23.1 Å². The van der Waals surface area contributed by atoms with E-state index in [-0.39, 0.29) is 0 Å². The van der Waals surface area contributed by atoms with Crippen LogP contribution in [-0.4, -0.2) is 11.8 Å². The molecule has 0 aromatic heterocycles. The predicted molar refractivity (Wildman–Crippen MR) is 60.0 cm³/mol. The second-order valence-corrected chi connectivity index (χ2v) is 4.67. The summed E-state index contributed by atoms with van der Waals surface area (Å²) in [5.41, 5.74) is 13.3. The molecule has 0 heterocycles. The Kier molecular flexibility index (Phi) is 3.63. The second-order valence-electron chi connectivity index (χ2n) is 3.19. The molecule has 1 aromatic rings. The van der Waals surface area contributed by atoms with Crippen LogP contribution in [0.2, 0.25) is 0 Å². The minimum Gasteiger partial charge on any atom is -0.399 e. The van der Waals surface area contributed by atoms with E-state index in [1.807, 2.05) is 18.2 Å². The first-order chi connectivity index (χ1) is 6.13. The van der Waals surface area contributed by atoms with E-state index in [1.54, 1.807) is 11.8 Å². The lowest BCUT2D eigenvalue weighted by atomic mass is 10.2. The van der Waals surface area contributed by atoms with E-state index in [2.05, 4.69) is 13.8 Å². The molecule has 0 bridgehead atoms. The van der Waals surface area contributed by atoms with Crippen molar-refractivity contribution in [3.05, 3.63) is 23.8 Å². The van der Waals surface area contributed by atoms with Gasteiger partial charge in [-0.25, -0.2) is 0 Å². The highest BCUT2D eigenvalue weighted by Crippen LogP contribution is 2.27. The average molecular weight is 196 g/mol. The first-order valence-electron chi connectivity index (χ1n) is 4.36. The molecule has 0 saturated carbocycles. The molecular weight excluding hydrogens is 180 g/mol. The van der Waals surface area contributed by atoms with Crippen LogP contribution in [0.1, 0.15) is 12.5 Å². The topological polar surface area (TPSA) is 52.0 Å². The van der Waals surface area contributed by atoms with Crippen LogP contribution in [0, 0.1) is 6.92 Å². The Labute approximate surface area is 83.7 Å². The molecule has 13 heavy (non-hydrogen) atoms. The van der Waals surface area contributed by atoms with Gasteiger partial charge in [0.1, 0.15) is 0 Å². The molecule has 0 amide bonds. The van der Waals surface area contributed by atoms with Gasteiger partial charge in [0.25, 0.3) is 0 Å². The van der Waals surface area contributed by atoms with Gasteiger partial charge in [0.15, 0.2) is 0 Å². The zero-order chi connectivity index (χ0) is 9.84. The first kappa shape index (κ1) is 10.4. The van der Waals surface area contributed by atoms with E-state index in [1.165, 1.54) is 10.5 Å². The van der Waals surface area contributed by atoms with Crippen molar-refractivity contribution in [3.8, 4) is 0 Å². The fraction of sp³-hybridized carbons (Fsp3) is 0.400. The second kappa shape index (κ2) is 4.53. The van der Waals surface area contributed by atoms with E-state index >= 15 is 0 Å². The van der Waals surface area contributed by atoms with E-state index in [0.29, 0.717) is 11.8 Å². The van der Waals surface area contributed by atoms with Gasteiger partial charge in [-0.05, 0) is 24.6 Å². The number of nitrogens with two attached hydrogens (primary N) is 2. The molecule has 1 unspecified atom stereocenters. The molecule has 72 valence electrons. The van der Waals surface area contributed by atoms with Gasteiger partial charge in [0.2, 0.25) is 0 Å². The fourth-order valence-electron chi connectivity index (χ4n) is 1.01. The van der Waals surface area contributed by atoms with Gasteiger partial charge in [0, 0.05) is 22.4 Å². The lowest BCUT2D eigenvalue weighted by molar-refractivity contribution is 0.950. The van der Waals surface area contributed by atoms with Crippen molar-refractivity contribution in [2.75, 3.05) is 12.3 Å². The highest BCUT2D eigenvalue weighted by Gasteiger charge is 2.04. The normalized spacial score (nSPS) is 12.8. The SMILES string of the molecule is Cc1ccc(N)cc1SC(C)CN. The molecule has 4 N–H and O–H groups in total. The number of rotatable bonds is 3. The summed E-state index contributed by atoms with van der Waals surface area (Å²) >= 11 is 1.78. The number of hydrogen-bond donors (Lipinski definition) is 2. The maximum Gasteiger partial charge on any atom is 0.0325 e. The van der Waals surface area contributed by atoms with Crippen molar-refractivity contribution in [3.63, 3.8) is 0 Å². The maximum absolute atomic E-state index is 5.70. The molecule has 1 atom stereocenters. The summed E-state index contributed by atoms with van der Waals surface area (Å²) in [6, 6.07) is 5.97. The highest BCUT2D eigenvalue weighted by atomic mass is 32.2. The predicted octanol–water partition coefficient (Wildman–Crippen LogP) is 2.02. The monoisotopic (exact) mass is 196 g/mol. The van der Waals surface area contributed by atoms with Crippen molar-refractivity contribution in [1.29, 1.82) is 0 Å². The minimum atomic E-state index is 0.445. The van der Waals surface area contributed by atoms with Gasteiger partial charge in [-0.2, -0.15) is 0 Å². The molecule has 1 rings (SSSR count). The highest BCUT2D eigenvalue weighted by molar-refractivity contribution is 8.00. The van der Waals surface area contributed by atoms with Gasteiger partial charge in [-0.1, -0.05) is 13.0 Å². The molecule has 0 aliphatic rings. The summed E-state index contributed by atoms with van der Waals surface area (Å²) in [7, 11) is 0. The fourth-order valence-corrected chi connectivity index (χ4v) is 2.00. The number of benzene rings is 1. The number of hydrogen-bond acceptors (Lipinski definition) is 3. The van der Waals surface area contributed by atoms with Crippen LogP contribution in [0.3, 0.4) is 0 Å². The van der Waals surface area contributed by atoms with E-state index < -0.39 is 0 Å². The Morgan fingerprint density at radius 1 is 1.46 bits per heavy atom. The Morgan fingerprint density at radius 2 is 2.15 bits per heavy atom. The van der Waals surface area contributed by atoms with E-state index in [4.69, 9.17) is 11.5 Å². The van der Waals surface area contributed by atoms with Crippen LogP contribution in [0.25, 0.3) is 0 Å². The van der Waals surface area contributed by atoms with E-state index in [0.717, 1.165) is 5.69 Å². The Bertz CT molecular complexity index is 286. The average Bonchev–Trinajstić information content (AvgIpc) is 2.11. The van der Waals surface area contributed by atoms with Gasteiger partial charge in [0.05, 0.1) is 0 Å². The number of nitrogen functional groups attached to an aromatic ring is 1. The minimum absolute atomic E-state index is 0.445. The Hall–Kier alpha value is -0.670. The van der Waals surface area contributed by atoms with Crippen LogP contribution in [0.5, 0.6) is 0 Å². The zero-order valence-electron chi connectivity index (χ0n) is 8.08. The standard InChI is InChI=1S/C10H16N2S/c1-7-3-4-9(12)5-10(7)13-8(2)6-11/h3-5,8H,6,11-12H2,1-2H3. The molecule has 0 radical (unpaired) electrons. The van der Waals surface area contributed by atoms with Gasteiger partial charge in [-0.15, -0.1) is 11.8 Å². The van der Waals surface area contributed by atoms with Crippen LogP contribution >= 0.6 is 11.8 Å². The van der Waals surface area contributed by atoms with Crippen molar-refractivity contribution in [1.82, 2.24) is 0 Å². The summed E-state index contributed by atoms with van der Waals surface area (Å²) in [6.07, 6.45) is 0. The zero-order valence-corrected chi connectivity index (χ0v) is 8.90. The molecular formula is C10H16N2S. The third kappa shape index (κ3) is 2.94. The van der Waals surface area contributed by atoms with Crippen LogP contribution in [-0.2, 0) is 0 Å². The largest absolute Gasteiger partial charge is 0.399 e. The Morgan fingerprint density at radius 3 is 2.77 bits per heavy atom. The summed E-state index contributed by atoms with van der Waals surface area (Å²) in [5, 5.41) is 0.445. The van der Waals surface area contributed by atoms with E-state index in [9.17, 15) is 0 Å². The summed E-state index contributed by atoms with van der Waals surface area (Å²) in [4.78, 5) is 1.23. The van der Waals surface area contributed by atoms with Gasteiger partial charge in [-0.3, -0.25) is 0 Å². The van der Waals surface area contributed by atoms with Crippen LogP contribution in [0.4, 0.5) is 5.69 Å². The molecule has 1 aromatic carbocycles. The van der Waals surface area contributed by atoms with Crippen molar-refractivity contribution >= 4 is 17.4 Å². The third-order valence-corrected chi connectivity index (χ3v) is 3.16. The Balaban J connectivity index is 2.81. The maximum atomic E-state index is 5.70. The summed E-state index contributed by atoms with van der Waals surface area (Å²) in [6.45, 7) is 4.90. The number of anilines is 1. The lowest BCUT2D eigenvalue weighted by Crippen LogP contribution is -2.12. The summed E-state index contributed by atoms with van der Waals surface area (Å²) in [5.74, 6) is 0. The first-order valence-corrected chi connectivity index (χ1v) is 5.24. The van der Waals surface area contributed by atoms with Gasteiger partial charge >= 0.3 is 0 Å². The number of aryl methyl sites for hydroxylation is 1. The van der Waals surface area contributed by atoms with Crippen molar-refractivity contribution < 1.29 is 0 Å². The van der Waals surface area contributed by atoms with Crippen molar-refractivity contribution in [2.24, 2.45) is 5.73 Å². The molecule has 0 spiro atoms. The van der Waals surface area contributed by atoms with Crippen LogP contribution < -0.4 is 11.5 Å².